The van der Waals surface area contributed by atoms with E-state index < -0.39 is 15.7 Å². The van der Waals surface area contributed by atoms with E-state index >= 15 is 0 Å². The quantitative estimate of drug-likeness (QED) is 0.798. The van der Waals surface area contributed by atoms with Crippen LogP contribution in [0.1, 0.15) is 47.1 Å². The van der Waals surface area contributed by atoms with Crippen molar-refractivity contribution in [3.05, 3.63) is 54.0 Å². The average molecular weight is 404 g/mol. The zero-order valence-corrected chi connectivity index (χ0v) is 16.6. The van der Waals surface area contributed by atoms with Gasteiger partial charge >= 0.3 is 0 Å². The first kappa shape index (κ1) is 20.1. The van der Waals surface area contributed by atoms with E-state index in [0.29, 0.717) is 38.1 Å². The van der Waals surface area contributed by atoms with E-state index in [1.807, 2.05) is 0 Å². The Morgan fingerprint density at radius 3 is 2.50 bits per heavy atom. The van der Waals surface area contributed by atoms with Crippen LogP contribution in [0.4, 0.5) is 0 Å². The van der Waals surface area contributed by atoms with Crippen LogP contribution in [0.2, 0.25) is 0 Å². The van der Waals surface area contributed by atoms with Gasteiger partial charge in [-0.3, -0.25) is 9.59 Å². The Labute approximate surface area is 164 Å². The summed E-state index contributed by atoms with van der Waals surface area (Å²) in [5, 5.41) is 2.92. The summed E-state index contributed by atoms with van der Waals surface area (Å²) >= 11 is 0. The Kier molecular flexibility index (Phi) is 6.18. The topological polar surface area (TPSA) is 96.7 Å². The summed E-state index contributed by atoms with van der Waals surface area (Å²) in [5.74, 6) is -0.251. The normalized spacial score (nSPS) is 15.4. The monoisotopic (exact) mass is 404 g/mol. The number of hydrogen-bond donors (Lipinski definition) is 1. The first-order valence-electron chi connectivity index (χ1n) is 9.38. The van der Waals surface area contributed by atoms with Gasteiger partial charge in [-0.15, -0.1) is 0 Å². The highest BCUT2D eigenvalue weighted by Crippen LogP contribution is 2.19. The van der Waals surface area contributed by atoms with Gasteiger partial charge in [-0.05, 0) is 43.5 Å². The average Bonchev–Trinajstić information content (AvgIpc) is 3.23. The van der Waals surface area contributed by atoms with Crippen LogP contribution in [0.3, 0.4) is 0 Å². The molecular weight excluding hydrogens is 380 g/mol. The van der Waals surface area contributed by atoms with Gasteiger partial charge in [0.25, 0.3) is 11.8 Å². The summed E-state index contributed by atoms with van der Waals surface area (Å²) < 4.78 is 30.0. The third kappa shape index (κ3) is 4.44. The minimum absolute atomic E-state index is 0.00454. The smallest absolute Gasteiger partial charge is 0.289 e. The number of sulfone groups is 1. The largest absolute Gasteiger partial charge is 0.459 e. The highest BCUT2D eigenvalue weighted by atomic mass is 32.2. The Bertz CT molecular complexity index is 929. The molecule has 0 unspecified atom stereocenters. The number of carbonyl (C=O) groups is 2. The highest BCUT2D eigenvalue weighted by molar-refractivity contribution is 7.91. The molecule has 0 aliphatic carbocycles. The molecule has 2 amide bonds. The SMILES string of the molecule is CCCS(=O)(=O)c1ccccc1C(=O)NC1CCN(C(=O)c2ccco2)CC1. The fourth-order valence-corrected chi connectivity index (χ4v) is 4.89. The predicted octanol–water partition coefficient (Wildman–Crippen LogP) is 2.50. The van der Waals surface area contributed by atoms with E-state index in [4.69, 9.17) is 4.42 Å². The Balaban J connectivity index is 1.63. The van der Waals surface area contributed by atoms with Gasteiger partial charge in [0, 0.05) is 19.1 Å². The van der Waals surface area contributed by atoms with Gasteiger partial charge in [0.05, 0.1) is 22.5 Å². The van der Waals surface area contributed by atoms with Crippen molar-refractivity contribution < 1.29 is 22.4 Å². The molecule has 2 heterocycles. The zero-order chi connectivity index (χ0) is 20.1. The maximum atomic E-state index is 12.7. The second-order valence-electron chi connectivity index (χ2n) is 6.83. The molecule has 0 bridgehead atoms. The van der Waals surface area contributed by atoms with Crippen molar-refractivity contribution >= 4 is 21.7 Å². The number of nitrogens with zero attached hydrogens (tertiary/aromatic N) is 1. The van der Waals surface area contributed by atoms with Crippen LogP contribution < -0.4 is 5.32 Å². The maximum absolute atomic E-state index is 12.7. The first-order valence-corrected chi connectivity index (χ1v) is 11.0. The summed E-state index contributed by atoms with van der Waals surface area (Å²) in [5.41, 5.74) is 0.171. The highest BCUT2D eigenvalue weighted by Gasteiger charge is 2.27. The molecule has 1 fully saturated rings. The molecule has 28 heavy (non-hydrogen) atoms. The van der Waals surface area contributed by atoms with Gasteiger partial charge in [-0.25, -0.2) is 8.42 Å². The standard InChI is InChI=1S/C20H24N2O5S/c1-2-14-28(25,26)18-8-4-3-6-16(18)19(23)21-15-9-11-22(12-10-15)20(24)17-7-5-13-27-17/h3-8,13,15H,2,9-12,14H2,1H3,(H,21,23). The summed E-state index contributed by atoms with van der Waals surface area (Å²) in [6, 6.07) is 9.48. The molecule has 1 aliphatic heterocycles. The van der Waals surface area contributed by atoms with Crippen molar-refractivity contribution in [2.24, 2.45) is 0 Å². The van der Waals surface area contributed by atoms with Crippen LogP contribution in [-0.2, 0) is 9.84 Å². The van der Waals surface area contributed by atoms with Crippen molar-refractivity contribution in [1.82, 2.24) is 10.2 Å². The maximum Gasteiger partial charge on any atom is 0.289 e. The molecule has 7 nitrogen and oxygen atoms in total. The fourth-order valence-electron chi connectivity index (χ4n) is 3.35. The second kappa shape index (κ2) is 8.60. The summed E-state index contributed by atoms with van der Waals surface area (Å²) in [7, 11) is -3.50. The molecule has 1 aromatic heterocycles. The van der Waals surface area contributed by atoms with Crippen molar-refractivity contribution in [2.45, 2.75) is 37.1 Å². The number of benzene rings is 1. The van der Waals surface area contributed by atoms with Crippen LogP contribution in [0.15, 0.2) is 52.0 Å². The molecule has 150 valence electrons. The lowest BCUT2D eigenvalue weighted by atomic mass is 10.0. The number of likely N-dealkylation sites (tertiary alicyclic amines) is 1. The van der Waals surface area contributed by atoms with E-state index in [2.05, 4.69) is 5.32 Å². The van der Waals surface area contributed by atoms with Gasteiger partial charge in [-0.1, -0.05) is 19.1 Å². The van der Waals surface area contributed by atoms with Crippen LogP contribution in [0.25, 0.3) is 0 Å². The van der Waals surface area contributed by atoms with Gasteiger partial charge in [0.15, 0.2) is 15.6 Å². The number of furan rings is 1. The summed E-state index contributed by atoms with van der Waals surface area (Å²) in [4.78, 5) is 26.8. The molecule has 1 aromatic carbocycles. The Morgan fingerprint density at radius 1 is 1.14 bits per heavy atom. The van der Waals surface area contributed by atoms with Crippen molar-refractivity contribution in [2.75, 3.05) is 18.8 Å². The number of hydrogen-bond acceptors (Lipinski definition) is 5. The lowest BCUT2D eigenvalue weighted by molar-refractivity contribution is 0.0667. The molecule has 1 aliphatic rings. The Morgan fingerprint density at radius 2 is 1.86 bits per heavy atom. The number of carbonyl (C=O) groups excluding carboxylic acids is 2. The van der Waals surface area contributed by atoms with Crippen LogP contribution in [0, 0.1) is 0 Å². The molecule has 1 N–H and O–H groups in total. The number of rotatable bonds is 6. The second-order valence-corrected chi connectivity index (χ2v) is 8.91. The molecule has 2 aromatic rings. The van der Waals surface area contributed by atoms with Crippen LogP contribution in [-0.4, -0.2) is 50.0 Å². The lowest BCUT2D eigenvalue weighted by Crippen LogP contribution is -2.46. The molecule has 8 heteroatoms. The minimum atomic E-state index is -3.50. The molecule has 3 rings (SSSR count). The lowest BCUT2D eigenvalue weighted by Gasteiger charge is -2.32. The summed E-state index contributed by atoms with van der Waals surface area (Å²) in [6.07, 6.45) is 3.15. The molecule has 0 spiro atoms. The molecule has 1 saturated heterocycles. The van der Waals surface area contributed by atoms with E-state index in [1.54, 1.807) is 36.1 Å². The number of amides is 2. The molecular formula is C20H24N2O5S. The van der Waals surface area contributed by atoms with Crippen LogP contribution in [0.5, 0.6) is 0 Å². The van der Waals surface area contributed by atoms with Gasteiger partial charge in [0.1, 0.15) is 0 Å². The van der Waals surface area contributed by atoms with Gasteiger partial charge < -0.3 is 14.6 Å². The first-order chi connectivity index (χ1) is 13.4. The van der Waals surface area contributed by atoms with Crippen molar-refractivity contribution in [1.29, 1.82) is 0 Å². The van der Waals surface area contributed by atoms with Gasteiger partial charge in [0.2, 0.25) is 0 Å². The molecule has 0 radical (unpaired) electrons. The fraction of sp³-hybridized carbons (Fsp3) is 0.400. The van der Waals surface area contributed by atoms with Crippen LogP contribution >= 0.6 is 0 Å². The third-order valence-electron chi connectivity index (χ3n) is 4.79. The molecule has 0 saturated carbocycles. The van der Waals surface area contributed by atoms with Crippen molar-refractivity contribution in [3.8, 4) is 0 Å². The van der Waals surface area contributed by atoms with E-state index in [-0.39, 0.29) is 28.2 Å². The van der Waals surface area contributed by atoms with Crippen molar-refractivity contribution in [3.63, 3.8) is 0 Å². The number of piperidine rings is 1. The minimum Gasteiger partial charge on any atom is -0.459 e. The van der Waals surface area contributed by atoms with E-state index in [1.165, 1.54) is 18.4 Å². The van der Waals surface area contributed by atoms with E-state index in [0.717, 1.165) is 0 Å². The van der Waals surface area contributed by atoms with E-state index in [9.17, 15) is 18.0 Å². The zero-order valence-electron chi connectivity index (χ0n) is 15.8. The van der Waals surface area contributed by atoms with Gasteiger partial charge in [-0.2, -0.15) is 0 Å². The Hall–Kier alpha value is -2.61. The third-order valence-corrected chi connectivity index (χ3v) is 6.76. The predicted molar refractivity (Wildman–Crippen MR) is 104 cm³/mol. The number of nitrogens with one attached hydrogen (secondary N) is 1. The summed E-state index contributed by atoms with van der Waals surface area (Å²) in [6.45, 7) is 2.79. The molecule has 0 atom stereocenters.